The molecular formula is C14H19FO6. The molecule has 7 heteroatoms. The molecule has 2 unspecified atom stereocenters. The van der Waals surface area contributed by atoms with Gasteiger partial charge in [-0.3, -0.25) is 0 Å². The van der Waals surface area contributed by atoms with Gasteiger partial charge in [0.1, 0.15) is 11.9 Å². The van der Waals surface area contributed by atoms with Crippen molar-refractivity contribution < 1.29 is 33.2 Å². The lowest BCUT2D eigenvalue weighted by molar-refractivity contribution is -0.153. The maximum Gasteiger partial charge on any atom is 0.343 e. The van der Waals surface area contributed by atoms with Crippen LogP contribution in [0.3, 0.4) is 0 Å². The van der Waals surface area contributed by atoms with Crippen molar-refractivity contribution in [2.24, 2.45) is 0 Å². The second kappa shape index (κ2) is 7.68. The lowest BCUT2D eigenvalue weighted by Crippen LogP contribution is -2.26. The maximum atomic E-state index is 13.9. The number of methoxy groups -OCH3 is 3. The predicted molar refractivity (Wildman–Crippen MR) is 72.6 cm³/mol. The van der Waals surface area contributed by atoms with E-state index in [1.54, 1.807) is 6.92 Å². The van der Waals surface area contributed by atoms with Crippen molar-refractivity contribution in [3.63, 3.8) is 0 Å². The van der Waals surface area contributed by atoms with Crippen LogP contribution in [-0.2, 0) is 9.53 Å². The van der Waals surface area contributed by atoms with Gasteiger partial charge in [-0.25, -0.2) is 9.18 Å². The Hall–Kier alpha value is -2.02. The standard InChI is InChI=1S/C14H19FO6/c1-5-21-14(17)12(15)13(16)8-6-10(19-3)11(20-4)7-9(8)18-2/h6-7,12-13,16H,5H2,1-4H3. The zero-order chi connectivity index (χ0) is 16.0. The van der Waals surface area contributed by atoms with E-state index in [0.29, 0.717) is 5.75 Å². The first-order chi connectivity index (χ1) is 9.99. The van der Waals surface area contributed by atoms with Crippen molar-refractivity contribution in [2.75, 3.05) is 27.9 Å². The molecule has 0 spiro atoms. The number of aliphatic hydroxyl groups is 1. The lowest BCUT2D eigenvalue weighted by atomic mass is 10.0. The normalized spacial score (nSPS) is 13.2. The summed E-state index contributed by atoms with van der Waals surface area (Å²) < 4.78 is 33.8. The number of aliphatic hydroxyl groups excluding tert-OH is 1. The predicted octanol–water partition coefficient (Wildman–Crippen LogP) is 1.65. The minimum atomic E-state index is -2.23. The molecule has 21 heavy (non-hydrogen) atoms. The Bertz CT molecular complexity index is 491. The van der Waals surface area contributed by atoms with E-state index in [-0.39, 0.29) is 23.7 Å². The minimum absolute atomic E-state index is 0.0229. The first kappa shape index (κ1) is 17.0. The Morgan fingerprint density at radius 2 is 1.67 bits per heavy atom. The summed E-state index contributed by atoms with van der Waals surface area (Å²) in [7, 11) is 4.19. The summed E-state index contributed by atoms with van der Waals surface area (Å²) in [6.07, 6.45) is -3.96. The van der Waals surface area contributed by atoms with E-state index in [2.05, 4.69) is 4.74 Å². The van der Waals surface area contributed by atoms with Gasteiger partial charge in [-0.05, 0) is 13.0 Å². The number of esters is 1. The average molecular weight is 302 g/mol. The highest BCUT2D eigenvalue weighted by Crippen LogP contribution is 2.38. The second-order valence-corrected chi connectivity index (χ2v) is 4.05. The molecule has 0 aliphatic carbocycles. The first-order valence-corrected chi connectivity index (χ1v) is 6.28. The fourth-order valence-electron chi connectivity index (χ4n) is 1.79. The number of ether oxygens (including phenoxy) is 4. The molecule has 1 aromatic rings. The number of benzene rings is 1. The van der Waals surface area contributed by atoms with Crippen LogP contribution in [0.25, 0.3) is 0 Å². The molecule has 0 bridgehead atoms. The van der Waals surface area contributed by atoms with Gasteiger partial charge < -0.3 is 24.1 Å². The van der Waals surface area contributed by atoms with Crippen molar-refractivity contribution in [2.45, 2.75) is 19.2 Å². The smallest absolute Gasteiger partial charge is 0.343 e. The van der Waals surface area contributed by atoms with E-state index in [9.17, 15) is 14.3 Å². The van der Waals surface area contributed by atoms with E-state index in [1.165, 1.54) is 33.5 Å². The monoisotopic (exact) mass is 302 g/mol. The summed E-state index contributed by atoms with van der Waals surface area (Å²) in [6, 6.07) is 2.80. The number of halogens is 1. The highest BCUT2D eigenvalue weighted by atomic mass is 19.1. The van der Waals surface area contributed by atoms with Crippen LogP contribution >= 0.6 is 0 Å². The Balaban J connectivity index is 3.18. The van der Waals surface area contributed by atoms with E-state index in [0.717, 1.165) is 0 Å². The van der Waals surface area contributed by atoms with Gasteiger partial charge in [0, 0.05) is 11.6 Å². The third-order valence-electron chi connectivity index (χ3n) is 2.84. The zero-order valence-electron chi connectivity index (χ0n) is 12.4. The number of hydrogen-bond donors (Lipinski definition) is 1. The molecule has 1 rings (SSSR count). The van der Waals surface area contributed by atoms with Gasteiger partial charge in [0.05, 0.1) is 27.9 Å². The van der Waals surface area contributed by atoms with Gasteiger partial charge in [-0.15, -0.1) is 0 Å². The van der Waals surface area contributed by atoms with Crippen molar-refractivity contribution in [3.8, 4) is 17.2 Å². The molecule has 0 radical (unpaired) electrons. The van der Waals surface area contributed by atoms with Crippen molar-refractivity contribution >= 4 is 5.97 Å². The van der Waals surface area contributed by atoms with Crippen molar-refractivity contribution in [1.29, 1.82) is 0 Å². The SMILES string of the molecule is CCOC(=O)C(F)C(O)c1cc(OC)c(OC)cc1OC. The van der Waals surface area contributed by atoms with Gasteiger partial charge in [-0.2, -0.15) is 0 Å². The number of hydrogen-bond acceptors (Lipinski definition) is 6. The molecule has 0 aromatic heterocycles. The third-order valence-corrected chi connectivity index (χ3v) is 2.84. The van der Waals surface area contributed by atoms with Crippen LogP contribution in [0, 0.1) is 0 Å². The Labute approximate surface area is 122 Å². The number of carbonyl (C=O) groups excluding carboxylic acids is 1. The highest BCUT2D eigenvalue weighted by molar-refractivity contribution is 5.76. The molecule has 6 nitrogen and oxygen atoms in total. The van der Waals surface area contributed by atoms with Crippen LogP contribution in [0.15, 0.2) is 12.1 Å². The van der Waals surface area contributed by atoms with E-state index in [1.807, 2.05) is 0 Å². The summed E-state index contributed by atoms with van der Waals surface area (Å²) >= 11 is 0. The fraction of sp³-hybridized carbons (Fsp3) is 0.500. The van der Waals surface area contributed by atoms with Crippen LogP contribution in [0.5, 0.6) is 17.2 Å². The second-order valence-electron chi connectivity index (χ2n) is 4.05. The number of carbonyl (C=O) groups is 1. The van der Waals surface area contributed by atoms with Gasteiger partial charge in [0.25, 0.3) is 0 Å². The number of rotatable bonds is 7. The molecule has 118 valence electrons. The fourth-order valence-corrected chi connectivity index (χ4v) is 1.79. The van der Waals surface area contributed by atoms with E-state index < -0.39 is 18.2 Å². The molecule has 1 N–H and O–H groups in total. The minimum Gasteiger partial charge on any atom is -0.496 e. The average Bonchev–Trinajstić information content (AvgIpc) is 2.52. The van der Waals surface area contributed by atoms with Crippen molar-refractivity contribution in [1.82, 2.24) is 0 Å². The molecule has 0 saturated carbocycles. The Morgan fingerprint density at radius 3 is 2.14 bits per heavy atom. The molecule has 0 heterocycles. The Kier molecular flexibility index (Phi) is 6.23. The molecule has 0 aliphatic heterocycles. The summed E-state index contributed by atoms with van der Waals surface area (Å²) in [5, 5.41) is 10.0. The largest absolute Gasteiger partial charge is 0.496 e. The first-order valence-electron chi connectivity index (χ1n) is 6.28. The van der Waals surface area contributed by atoms with Crippen LogP contribution in [0.2, 0.25) is 0 Å². The van der Waals surface area contributed by atoms with Crippen LogP contribution in [0.4, 0.5) is 4.39 Å². The van der Waals surface area contributed by atoms with Crippen LogP contribution < -0.4 is 14.2 Å². The van der Waals surface area contributed by atoms with Gasteiger partial charge in [0.2, 0.25) is 6.17 Å². The molecule has 0 aliphatic rings. The molecule has 2 atom stereocenters. The third kappa shape index (κ3) is 3.75. The van der Waals surface area contributed by atoms with Gasteiger partial charge >= 0.3 is 5.97 Å². The van der Waals surface area contributed by atoms with Gasteiger partial charge in [-0.1, -0.05) is 0 Å². The molecule has 0 saturated heterocycles. The molecule has 0 amide bonds. The molecule has 0 fully saturated rings. The molecule has 1 aromatic carbocycles. The summed E-state index contributed by atoms with van der Waals surface area (Å²) in [5.74, 6) is -0.325. The van der Waals surface area contributed by atoms with Crippen LogP contribution in [-0.4, -0.2) is 45.2 Å². The highest BCUT2D eigenvalue weighted by Gasteiger charge is 2.32. The zero-order valence-corrected chi connectivity index (χ0v) is 12.4. The Morgan fingerprint density at radius 1 is 1.14 bits per heavy atom. The topological polar surface area (TPSA) is 74.2 Å². The number of alkyl halides is 1. The summed E-state index contributed by atoms with van der Waals surface area (Å²) in [4.78, 5) is 11.4. The summed E-state index contributed by atoms with van der Waals surface area (Å²) in [5.41, 5.74) is 0.0655. The van der Waals surface area contributed by atoms with E-state index >= 15 is 0 Å². The molecular weight excluding hydrogens is 283 g/mol. The maximum absolute atomic E-state index is 13.9. The van der Waals surface area contributed by atoms with Crippen molar-refractivity contribution in [3.05, 3.63) is 17.7 Å². The quantitative estimate of drug-likeness (QED) is 0.772. The van der Waals surface area contributed by atoms with Crippen LogP contribution in [0.1, 0.15) is 18.6 Å². The lowest BCUT2D eigenvalue weighted by Gasteiger charge is -2.19. The summed E-state index contributed by atoms with van der Waals surface area (Å²) in [6.45, 7) is 1.57. The van der Waals surface area contributed by atoms with E-state index in [4.69, 9.17) is 14.2 Å². The van der Waals surface area contributed by atoms with Gasteiger partial charge in [0.15, 0.2) is 11.5 Å².